The van der Waals surface area contributed by atoms with Gasteiger partial charge in [-0.3, -0.25) is 4.79 Å². The number of rotatable bonds is 5. The van der Waals surface area contributed by atoms with E-state index in [9.17, 15) is 14.4 Å². The zero-order chi connectivity index (χ0) is 12.8. The molecule has 1 aliphatic heterocycles. The Kier molecular flexibility index (Phi) is 4.50. The van der Waals surface area contributed by atoms with E-state index in [0.29, 0.717) is 19.6 Å². The molecule has 0 bridgehead atoms. The molecule has 17 heavy (non-hydrogen) atoms. The molecule has 1 fully saturated rings. The Labute approximate surface area is 98.8 Å². The van der Waals surface area contributed by atoms with Gasteiger partial charge in [0.2, 0.25) is 0 Å². The first-order valence-electron chi connectivity index (χ1n) is 5.14. The molecule has 0 aliphatic carbocycles. The van der Waals surface area contributed by atoms with Crippen LogP contribution in [0.2, 0.25) is 0 Å². The number of carbonyl (C=O) groups is 3. The molecule has 0 saturated carbocycles. The number of hydrogen-bond donors (Lipinski definition) is 2. The quantitative estimate of drug-likeness (QED) is 0.275. The highest BCUT2D eigenvalue weighted by molar-refractivity contribution is 6.15. The predicted octanol–water partition coefficient (Wildman–Crippen LogP) is -1.14. The first-order valence-corrected chi connectivity index (χ1v) is 5.14. The van der Waals surface area contributed by atoms with Gasteiger partial charge in [0, 0.05) is 26.2 Å². The topological polar surface area (TPSA) is 87.7 Å². The van der Waals surface area contributed by atoms with Crippen molar-refractivity contribution in [1.29, 1.82) is 0 Å². The fourth-order valence-electron chi connectivity index (χ4n) is 1.35. The molecule has 0 unspecified atom stereocenters. The lowest BCUT2D eigenvalue weighted by Gasteiger charge is -2.14. The summed E-state index contributed by atoms with van der Waals surface area (Å²) in [6, 6.07) is -0.147. The van der Waals surface area contributed by atoms with Crippen molar-refractivity contribution in [2.75, 3.05) is 33.3 Å². The molecule has 0 spiro atoms. The molecule has 7 nitrogen and oxygen atoms in total. The molecule has 7 heteroatoms. The maximum atomic E-state index is 11.4. The molecule has 0 atom stereocenters. The van der Waals surface area contributed by atoms with Crippen LogP contribution in [0, 0.1) is 0 Å². The predicted molar refractivity (Wildman–Crippen MR) is 59.1 cm³/mol. The maximum absolute atomic E-state index is 11.4. The minimum atomic E-state index is -0.763. The van der Waals surface area contributed by atoms with E-state index in [1.54, 1.807) is 4.90 Å². The molecule has 3 amide bonds. The Bertz CT molecular complexity index is 353. The van der Waals surface area contributed by atoms with Gasteiger partial charge in [0.25, 0.3) is 5.91 Å². The third-order valence-corrected chi connectivity index (χ3v) is 2.32. The molecule has 1 rings (SSSR count). The first kappa shape index (κ1) is 13.0. The van der Waals surface area contributed by atoms with Crippen molar-refractivity contribution in [2.24, 2.45) is 0 Å². The molecule has 0 aromatic carbocycles. The van der Waals surface area contributed by atoms with E-state index in [0.717, 1.165) is 0 Å². The van der Waals surface area contributed by atoms with Crippen LogP contribution in [0.3, 0.4) is 0 Å². The number of esters is 1. The summed E-state index contributed by atoms with van der Waals surface area (Å²) >= 11 is 0. The Morgan fingerprint density at radius 2 is 2.29 bits per heavy atom. The van der Waals surface area contributed by atoms with Crippen LogP contribution < -0.4 is 10.6 Å². The highest BCUT2D eigenvalue weighted by atomic mass is 16.5. The molecule has 1 heterocycles. The number of nitrogens with one attached hydrogen (secondary N) is 2. The van der Waals surface area contributed by atoms with Crippen LogP contribution in [0.4, 0.5) is 4.79 Å². The lowest BCUT2D eigenvalue weighted by atomic mass is 10.3. The van der Waals surface area contributed by atoms with Gasteiger partial charge in [-0.25, -0.2) is 9.59 Å². The number of ether oxygens (including phenoxy) is 1. The second-order valence-corrected chi connectivity index (χ2v) is 3.45. The lowest BCUT2D eigenvalue weighted by molar-refractivity contribution is -0.138. The Balaban J connectivity index is 2.26. The number of methoxy groups -OCH3 is 1. The molecule has 1 saturated heterocycles. The second kappa shape index (κ2) is 5.88. The first-order chi connectivity index (χ1) is 8.06. The minimum absolute atomic E-state index is 0.147. The number of hydrogen-bond acceptors (Lipinski definition) is 4. The van der Waals surface area contributed by atoms with Crippen LogP contribution in [0.1, 0.15) is 0 Å². The summed E-state index contributed by atoms with van der Waals surface area (Å²) in [5.41, 5.74) is -0.252. The van der Waals surface area contributed by atoms with Crippen molar-refractivity contribution in [1.82, 2.24) is 15.5 Å². The number of amides is 3. The molecule has 1 aliphatic rings. The zero-order valence-electron chi connectivity index (χ0n) is 9.62. The van der Waals surface area contributed by atoms with E-state index >= 15 is 0 Å². The monoisotopic (exact) mass is 241 g/mol. The average molecular weight is 241 g/mol. The standard InChI is InChI=1S/C10H15N3O4/c1-7(9(15)17-2)8(14)11-3-5-13-6-4-12-10(13)16/h1,3-6H2,2H3,(H,11,14)(H,12,16). The maximum Gasteiger partial charge on any atom is 0.342 e. The van der Waals surface area contributed by atoms with Crippen molar-refractivity contribution >= 4 is 17.9 Å². The van der Waals surface area contributed by atoms with Gasteiger partial charge in [0.05, 0.1) is 7.11 Å². The van der Waals surface area contributed by atoms with Gasteiger partial charge < -0.3 is 20.3 Å². The van der Waals surface area contributed by atoms with E-state index in [1.165, 1.54) is 7.11 Å². The Morgan fingerprint density at radius 1 is 1.59 bits per heavy atom. The van der Waals surface area contributed by atoms with Gasteiger partial charge in [-0.05, 0) is 0 Å². The highest BCUT2D eigenvalue weighted by Crippen LogP contribution is 1.96. The number of urea groups is 1. The van der Waals surface area contributed by atoms with Crippen molar-refractivity contribution in [2.45, 2.75) is 0 Å². The normalized spacial score (nSPS) is 14.2. The lowest BCUT2D eigenvalue weighted by Crippen LogP contribution is -2.38. The summed E-state index contributed by atoms with van der Waals surface area (Å²) in [7, 11) is 1.18. The Hall–Kier alpha value is -2.05. The fourth-order valence-corrected chi connectivity index (χ4v) is 1.35. The van der Waals surface area contributed by atoms with Gasteiger partial charge in [-0.2, -0.15) is 0 Å². The van der Waals surface area contributed by atoms with Gasteiger partial charge >= 0.3 is 12.0 Å². The van der Waals surface area contributed by atoms with Gasteiger partial charge in [0.15, 0.2) is 0 Å². The average Bonchev–Trinajstić information content (AvgIpc) is 2.73. The van der Waals surface area contributed by atoms with Crippen LogP contribution in [0.15, 0.2) is 12.2 Å². The van der Waals surface area contributed by atoms with Crippen LogP contribution in [-0.4, -0.2) is 56.1 Å². The van der Waals surface area contributed by atoms with Crippen molar-refractivity contribution < 1.29 is 19.1 Å². The molecule has 94 valence electrons. The summed E-state index contributed by atoms with van der Waals surface area (Å²) < 4.78 is 4.36. The smallest absolute Gasteiger partial charge is 0.342 e. The van der Waals surface area contributed by atoms with E-state index < -0.39 is 11.9 Å². The summed E-state index contributed by atoms with van der Waals surface area (Å²) in [5, 5.41) is 5.12. The van der Waals surface area contributed by atoms with Crippen molar-refractivity contribution in [3.8, 4) is 0 Å². The van der Waals surface area contributed by atoms with E-state index in [2.05, 4.69) is 21.9 Å². The summed E-state index contributed by atoms with van der Waals surface area (Å²) in [5.74, 6) is -1.35. The molecular formula is C10H15N3O4. The summed E-state index contributed by atoms with van der Waals surface area (Å²) in [6.45, 7) is 5.20. The van der Waals surface area contributed by atoms with E-state index in [1.807, 2.05) is 0 Å². The minimum Gasteiger partial charge on any atom is -0.465 e. The summed E-state index contributed by atoms with van der Waals surface area (Å²) in [4.78, 5) is 35.1. The van der Waals surface area contributed by atoms with Gasteiger partial charge in [-0.15, -0.1) is 0 Å². The van der Waals surface area contributed by atoms with Crippen molar-refractivity contribution in [3.63, 3.8) is 0 Å². The zero-order valence-corrected chi connectivity index (χ0v) is 9.62. The fraction of sp³-hybridized carbons (Fsp3) is 0.500. The largest absolute Gasteiger partial charge is 0.465 e. The Morgan fingerprint density at radius 3 is 2.82 bits per heavy atom. The molecule has 0 aromatic rings. The van der Waals surface area contributed by atoms with Crippen LogP contribution >= 0.6 is 0 Å². The van der Waals surface area contributed by atoms with Crippen LogP contribution in [0.5, 0.6) is 0 Å². The number of nitrogens with zero attached hydrogens (tertiary/aromatic N) is 1. The number of carbonyl (C=O) groups excluding carboxylic acids is 3. The molecule has 0 aromatic heterocycles. The molecular weight excluding hydrogens is 226 g/mol. The van der Waals surface area contributed by atoms with E-state index in [4.69, 9.17) is 0 Å². The van der Waals surface area contributed by atoms with E-state index in [-0.39, 0.29) is 18.1 Å². The third kappa shape index (κ3) is 3.47. The second-order valence-electron chi connectivity index (χ2n) is 3.45. The molecule has 0 radical (unpaired) electrons. The SMILES string of the molecule is C=C(C(=O)NCCN1CCNC1=O)C(=O)OC. The van der Waals surface area contributed by atoms with Crippen LogP contribution in [-0.2, 0) is 14.3 Å². The third-order valence-electron chi connectivity index (χ3n) is 2.32. The molecule has 2 N–H and O–H groups in total. The highest BCUT2D eigenvalue weighted by Gasteiger charge is 2.20. The van der Waals surface area contributed by atoms with Crippen molar-refractivity contribution in [3.05, 3.63) is 12.2 Å². The van der Waals surface area contributed by atoms with Gasteiger partial charge in [-0.1, -0.05) is 6.58 Å². The van der Waals surface area contributed by atoms with Gasteiger partial charge in [0.1, 0.15) is 5.57 Å². The van der Waals surface area contributed by atoms with Crippen LogP contribution in [0.25, 0.3) is 0 Å². The summed E-state index contributed by atoms with van der Waals surface area (Å²) in [6.07, 6.45) is 0.